The number of pyridine rings is 1. The Morgan fingerprint density at radius 1 is 0.971 bits per heavy atom. The molecule has 172 valence electrons. The lowest BCUT2D eigenvalue weighted by molar-refractivity contribution is 0.414. The summed E-state index contributed by atoms with van der Waals surface area (Å²) in [4.78, 5) is 6.76. The van der Waals surface area contributed by atoms with Gasteiger partial charge in [0.2, 0.25) is 0 Å². The van der Waals surface area contributed by atoms with E-state index < -0.39 is 0 Å². The van der Waals surface area contributed by atoms with Gasteiger partial charge in [0.05, 0.1) is 36.3 Å². The maximum atomic E-state index is 10.6. The van der Waals surface area contributed by atoms with E-state index in [0.29, 0.717) is 5.11 Å². The van der Waals surface area contributed by atoms with Crippen LogP contribution in [0.5, 0.6) is 11.5 Å². The first-order chi connectivity index (χ1) is 16.5. The molecule has 1 fully saturated rings. The van der Waals surface area contributed by atoms with Gasteiger partial charge in [0.15, 0.2) is 5.11 Å². The fourth-order valence-electron chi connectivity index (χ4n) is 4.87. The van der Waals surface area contributed by atoms with Crippen molar-refractivity contribution in [2.75, 3.05) is 12.0 Å². The SMILES string of the molecule is COc1ccccc1N1C(=S)NC(c2ccccn2)C1c1cc(C)n(-c2ccccc2O)c1C. The van der Waals surface area contributed by atoms with Gasteiger partial charge in [-0.15, -0.1) is 0 Å². The standard InChI is InChI=1S/C27H26N4O2S/c1-17-16-19(18(2)30(17)21-11-4-6-13-23(21)32)26-25(20-10-8-9-15-28-20)29-27(34)31(26)22-12-5-7-14-24(22)33-3/h4-16,25-26,32H,1-3H3,(H,29,34). The zero-order valence-electron chi connectivity index (χ0n) is 19.3. The van der Waals surface area contributed by atoms with E-state index in [0.717, 1.165) is 39.8 Å². The van der Waals surface area contributed by atoms with Crippen LogP contribution >= 0.6 is 12.2 Å². The van der Waals surface area contributed by atoms with Crippen LogP contribution in [-0.2, 0) is 0 Å². The van der Waals surface area contributed by atoms with Crippen LogP contribution in [0.3, 0.4) is 0 Å². The van der Waals surface area contributed by atoms with Gasteiger partial charge in [0, 0.05) is 17.6 Å². The molecule has 0 amide bonds. The van der Waals surface area contributed by atoms with E-state index in [2.05, 4.69) is 32.8 Å². The Hall–Kier alpha value is -3.84. The molecule has 1 aliphatic heterocycles. The van der Waals surface area contributed by atoms with Crippen molar-refractivity contribution in [3.05, 3.63) is 102 Å². The van der Waals surface area contributed by atoms with Crippen molar-refractivity contribution in [1.82, 2.24) is 14.9 Å². The number of anilines is 1. The summed E-state index contributed by atoms with van der Waals surface area (Å²) in [5, 5.41) is 14.7. The van der Waals surface area contributed by atoms with E-state index in [-0.39, 0.29) is 17.8 Å². The van der Waals surface area contributed by atoms with Crippen LogP contribution in [0, 0.1) is 13.8 Å². The monoisotopic (exact) mass is 470 g/mol. The van der Waals surface area contributed by atoms with Crippen molar-refractivity contribution in [3.8, 4) is 17.2 Å². The highest BCUT2D eigenvalue weighted by Gasteiger charge is 2.43. The van der Waals surface area contributed by atoms with Crippen LogP contribution in [0.4, 0.5) is 5.69 Å². The van der Waals surface area contributed by atoms with Gasteiger partial charge in [-0.05, 0) is 74.1 Å². The van der Waals surface area contributed by atoms with Gasteiger partial charge in [-0.2, -0.15) is 0 Å². The lowest BCUT2D eigenvalue weighted by atomic mass is 9.96. The highest BCUT2D eigenvalue weighted by Crippen LogP contribution is 2.46. The van der Waals surface area contributed by atoms with E-state index in [1.165, 1.54) is 0 Å². The molecular formula is C27H26N4O2S. The number of aromatic nitrogens is 2. The minimum atomic E-state index is -0.176. The molecule has 0 spiro atoms. The third kappa shape index (κ3) is 3.58. The number of hydrogen-bond donors (Lipinski definition) is 2. The normalized spacial score (nSPS) is 17.6. The molecule has 7 heteroatoms. The molecule has 2 N–H and O–H groups in total. The average molecular weight is 471 g/mol. The van der Waals surface area contributed by atoms with Crippen LogP contribution in [0.15, 0.2) is 79.0 Å². The molecule has 3 heterocycles. The zero-order chi connectivity index (χ0) is 23.8. The van der Waals surface area contributed by atoms with Crippen molar-refractivity contribution in [2.24, 2.45) is 0 Å². The first-order valence-corrected chi connectivity index (χ1v) is 11.5. The number of aromatic hydroxyl groups is 1. The quantitative estimate of drug-likeness (QED) is 0.382. The second-order valence-corrected chi connectivity index (χ2v) is 8.71. The number of phenolic OH excluding ortho intramolecular Hbond substituents is 1. The zero-order valence-corrected chi connectivity index (χ0v) is 20.1. The van der Waals surface area contributed by atoms with Gasteiger partial charge in [-0.1, -0.05) is 30.3 Å². The molecule has 1 aliphatic rings. The number of para-hydroxylation sites is 4. The predicted molar refractivity (Wildman–Crippen MR) is 138 cm³/mol. The molecule has 1 saturated heterocycles. The number of phenols is 1. The molecular weight excluding hydrogens is 444 g/mol. The minimum absolute atomic E-state index is 0.170. The second-order valence-electron chi connectivity index (χ2n) is 8.32. The van der Waals surface area contributed by atoms with E-state index in [4.69, 9.17) is 17.0 Å². The molecule has 2 aromatic heterocycles. The van der Waals surface area contributed by atoms with Gasteiger partial charge in [0.25, 0.3) is 0 Å². The predicted octanol–water partition coefficient (Wildman–Crippen LogP) is 5.38. The van der Waals surface area contributed by atoms with Crippen molar-refractivity contribution in [2.45, 2.75) is 25.9 Å². The molecule has 6 nitrogen and oxygen atoms in total. The van der Waals surface area contributed by atoms with E-state index >= 15 is 0 Å². The minimum Gasteiger partial charge on any atom is -0.506 e. The van der Waals surface area contributed by atoms with Crippen LogP contribution in [0.25, 0.3) is 5.69 Å². The Bertz CT molecular complexity index is 1350. The Labute approximate surface area is 204 Å². The van der Waals surface area contributed by atoms with Gasteiger partial charge in [0.1, 0.15) is 11.5 Å². The Morgan fingerprint density at radius 2 is 1.68 bits per heavy atom. The first-order valence-electron chi connectivity index (χ1n) is 11.1. The summed E-state index contributed by atoms with van der Waals surface area (Å²) in [5.74, 6) is 0.978. The first kappa shape index (κ1) is 22.0. The Morgan fingerprint density at radius 3 is 2.38 bits per heavy atom. The molecule has 34 heavy (non-hydrogen) atoms. The molecule has 0 radical (unpaired) electrons. The van der Waals surface area contributed by atoms with E-state index in [1.807, 2.05) is 67.6 Å². The summed E-state index contributed by atoms with van der Waals surface area (Å²) < 4.78 is 7.78. The Kier molecular flexibility index (Phi) is 5.71. The number of thiocarbonyl (C=S) groups is 1. The van der Waals surface area contributed by atoms with Gasteiger partial charge >= 0.3 is 0 Å². The summed E-state index contributed by atoms with van der Waals surface area (Å²) in [7, 11) is 1.67. The van der Waals surface area contributed by atoms with Gasteiger partial charge < -0.3 is 24.6 Å². The summed E-state index contributed by atoms with van der Waals surface area (Å²) in [6.45, 7) is 4.12. The van der Waals surface area contributed by atoms with Crippen molar-refractivity contribution in [1.29, 1.82) is 0 Å². The summed E-state index contributed by atoms with van der Waals surface area (Å²) in [6.07, 6.45) is 1.80. The number of nitrogens with zero attached hydrogens (tertiary/aromatic N) is 3. The van der Waals surface area contributed by atoms with Crippen LogP contribution in [-0.4, -0.2) is 26.9 Å². The Balaban J connectivity index is 1.72. The largest absolute Gasteiger partial charge is 0.506 e. The topological polar surface area (TPSA) is 62.5 Å². The molecule has 2 atom stereocenters. The highest BCUT2D eigenvalue weighted by molar-refractivity contribution is 7.80. The molecule has 4 aromatic rings. The number of aryl methyl sites for hydroxylation is 1. The molecule has 5 rings (SSSR count). The van der Waals surface area contributed by atoms with Crippen LogP contribution in [0.1, 0.15) is 34.7 Å². The van der Waals surface area contributed by atoms with Crippen molar-refractivity contribution >= 4 is 23.0 Å². The fourth-order valence-corrected chi connectivity index (χ4v) is 5.21. The van der Waals surface area contributed by atoms with E-state index in [9.17, 15) is 5.11 Å². The maximum absolute atomic E-state index is 10.6. The van der Waals surface area contributed by atoms with Gasteiger partial charge in [-0.3, -0.25) is 4.98 Å². The third-order valence-electron chi connectivity index (χ3n) is 6.35. The van der Waals surface area contributed by atoms with Crippen molar-refractivity contribution in [3.63, 3.8) is 0 Å². The molecule has 2 aromatic carbocycles. The highest BCUT2D eigenvalue weighted by atomic mass is 32.1. The fraction of sp³-hybridized carbons (Fsp3) is 0.185. The second kappa shape index (κ2) is 8.83. The number of benzene rings is 2. The molecule has 0 bridgehead atoms. The number of nitrogens with one attached hydrogen (secondary N) is 1. The maximum Gasteiger partial charge on any atom is 0.174 e. The lowest BCUT2D eigenvalue weighted by Crippen LogP contribution is -2.30. The smallest absolute Gasteiger partial charge is 0.174 e. The molecule has 0 saturated carbocycles. The molecule has 0 aliphatic carbocycles. The number of rotatable bonds is 5. The summed E-state index contributed by atoms with van der Waals surface area (Å²) in [5.41, 5.74) is 5.67. The van der Waals surface area contributed by atoms with E-state index in [1.54, 1.807) is 19.4 Å². The summed E-state index contributed by atoms with van der Waals surface area (Å²) in [6, 6.07) is 23.0. The van der Waals surface area contributed by atoms with Gasteiger partial charge in [-0.25, -0.2) is 0 Å². The number of methoxy groups -OCH3 is 1. The van der Waals surface area contributed by atoms with Crippen molar-refractivity contribution < 1.29 is 9.84 Å². The van der Waals surface area contributed by atoms with Crippen LogP contribution < -0.4 is 15.0 Å². The number of hydrogen-bond acceptors (Lipinski definition) is 4. The third-order valence-corrected chi connectivity index (χ3v) is 6.67. The molecule has 2 unspecified atom stereocenters. The number of ether oxygens (including phenoxy) is 1. The van der Waals surface area contributed by atoms with Crippen LogP contribution in [0.2, 0.25) is 0 Å². The average Bonchev–Trinajstić information content (AvgIpc) is 3.35. The lowest BCUT2D eigenvalue weighted by Gasteiger charge is -2.29. The summed E-state index contributed by atoms with van der Waals surface area (Å²) >= 11 is 5.87.